The normalized spacial score (nSPS) is 12.9. The van der Waals surface area contributed by atoms with Gasteiger partial charge in [-0.2, -0.15) is 0 Å². The molecule has 1 aliphatic rings. The lowest BCUT2D eigenvalue weighted by atomic mass is 9.80. The SMILES string of the molecule is CC1(C)c2ccccc2-c2c1c1c3ccccc3n(-c3ccc(-c4cc(-c5ccc(-c6ccccc6)cc5)nc(-c5ccccc5)n4)cc3)c1c1c3ccccc3n(-c3ccccc3)c21. The summed E-state index contributed by atoms with van der Waals surface area (Å²) in [5.74, 6) is 0.700. The standard InChI is InChI=1S/C61H42N4/c1-61(2)49-27-15-12-24-46(49)54-57(61)55-47-25-13-16-28-52(47)65(59(55)56-48-26-14-17-29-53(48)64(58(54)56)44-22-10-5-11-23-44)45-36-34-42(35-37-45)51-38-50(62-60(63-51)43-20-8-4-9-21-43)41-32-30-40(31-33-41)39-18-6-3-7-19-39/h3-38H,1-2H3. The molecule has 0 amide bonds. The van der Waals surface area contributed by atoms with Crippen LogP contribution in [-0.2, 0) is 5.41 Å². The first-order chi connectivity index (χ1) is 32.0. The minimum Gasteiger partial charge on any atom is -0.309 e. The average Bonchev–Trinajstić information content (AvgIpc) is 3.98. The van der Waals surface area contributed by atoms with E-state index in [9.17, 15) is 0 Å². The number of rotatable bonds is 6. The largest absolute Gasteiger partial charge is 0.309 e. The van der Waals surface area contributed by atoms with Gasteiger partial charge < -0.3 is 9.13 Å². The van der Waals surface area contributed by atoms with Crippen LogP contribution in [0.4, 0.5) is 0 Å². The van der Waals surface area contributed by atoms with Gasteiger partial charge in [-0.25, -0.2) is 9.97 Å². The van der Waals surface area contributed by atoms with Crippen LogP contribution in [0.1, 0.15) is 25.0 Å². The topological polar surface area (TPSA) is 35.6 Å². The molecule has 0 saturated carbocycles. The summed E-state index contributed by atoms with van der Waals surface area (Å²) in [6.45, 7) is 4.83. The van der Waals surface area contributed by atoms with E-state index < -0.39 is 0 Å². The summed E-state index contributed by atoms with van der Waals surface area (Å²) >= 11 is 0. The van der Waals surface area contributed by atoms with Gasteiger partial charge in [0, 0.05) is 60.6 Å². The first-order valence-corrected chi connectivity index (χ1v) is 22.4. The minimum atomic E-state index is -0.252. The smallest absolute Gasteiger partial charge is 0.160 e. The van der Waals surface area contributed by atoms with E-state index in [-0.39, 0.29) is 5.41 Å². The van der Waals surface area contributed by atoms with E-state index in [0.29, 0.717) is 5.82 Å². The Balaban J connectivity index is 1.05. The molecule has 13 rings (SSSR count). The molecule has 3 aromatic heterocycles. The van der Waals surface area contributed by atoms with Crippen LogP contribution in [0.3, 0.4) is 0 Å². The van der Waals surface area contributed by atoms with Crippen molar-refractivity contribution in [1.29, 1.82) is 0 Å². The fourth-order valence-electron chi connectivity index (χ4n) is 10.8. The molecule has 1 aliphatic carbocycles. The maximum absolute atomic E-state index is 5.22. The molecule has 9 aromatic carbocycles. The van der Waals surface area contributed by atoms with Crippen LogP contribution >= 0.6 is 0 Å². The molecule has 12 aromatic rings. The Hall–Kier alpha value is -8.34. The molecule has 3 heterocycles. The zero-order valence-electron chi connectivity index (χ0n) is 36.1. The van der Waals surface area contributed by atoms with Crippen molar-refractivity contribution in [1.82, 2.24) is 19.1 Å². The molecule has 0 saturated heterocycles. The van der Waals surface area contributed by atoms with Crippen LogP contribution < -0.4 is 0 Å². The highest BCUT2D eigenvalue weighted by Gasteiger charge is 2.41. The molecule has 0 unspecified atom stereocenters. The average molecular weight is 831 g/mol. The summed E-state index contributed by atoms with van der Waals surface area (Å²) in [5.41, 5.74) is 19.4. The quantitative estimate of drug-likeness (QED) is 0.167. The Kier molecular flexibility index (Phi) is 8.22. The van der Waals surface area contributed by atoms with Crippen LogP contribution in [0.15, 0.2) is 218 Å². The molecule has 0 radical (unpaired) electrons. The minimum absolute atomic E-state index is 0.252. The second-order valence-corrected chi connectivity index (χ2v) is 17.7. The van der Waals surface area contributed by atoms with Crippen molar-refractivity contribution in [2.24, 2.45) is 0 Å². The summed E-state index contributed by atoms with van der Waals surface area (Å²) in [7, 11) is 0. The number of nitrogens with zero attached hydrogens (tertiary/aromatic N) is 4. The van der Waals surface area contributed by atoms with Crippen molar-refractivity contribution < 1.29 is 0 Å². The Morgan fingerprint density at radius 1 is 0.385 bits per heavy atom. The zero-order chi connectivity index (χ0) is 43.2. The van der Waals surface area contributed by atoms with Gasteiger partial charge in [-0.3, -0.25) is 0 Å². The van der Waals surface area contributed by atoms with Gasteiger partial charge >= 0.3 is 0 Å². The summed E-state index contributed by atoms with van der Waals surface area (Å²) in [6.07, 6.45) is 0. The van der Waals surface area contributed by atoms with Crippen LogP contribution in [0.2, 0.25) is 0 Å². The molecule has 4 nitrogen and oxygen atoms in total. The number of aromatic nitrogens is 4. The highest BCUT2D eigenvalue weighted by atomic mass is 15.0. The summed E-state index contributed by atoms with van der Waals surface area (Å²) in [6, 6.07) is 78.5. The van der Waals surface area contributed by atoms with Crippen LogP contribution in [0.25, 0.3) is 111 Å². The number of benzene rings is 9. The first kappa shape index (κ1) is 37.2. The predicted molar refractivity (Wildman–Crippen MR) is 270 cm³/mol. The number of hydrogen-bond donors (Lipinski definition) is 0. The van der Waals surface area contributed by atoms with Crippen LogP contribution in [0, 0.1) is 0 Å². The molecule has 0 aliphatic heterocycles. The fraction of sp³-hybridized carbons (Fsp3) is 0.0492. The predicted octanol–water partition coefficient (Wildman–Crippen LogP) is 15.6. The third-order valence-electron chi connectivity index (χ3n) is 13.7. The molecule has 65 heavy (non-hydrogen) atoms. The third kappa shape index (κ3) is 5.63. The molecule has 0 fully saturated rings. The lowest BCUT2D eigenvalue weighted by Crippen LogP contribution is -2.15. The molecule has 0 spiro atoms. The van der Waals surface area contributed by atoms with Gasteiger partial charge in [0.05, 0.1) is 33.5 Å². The Labute approximate surface area is 377 Å². The lowest BCUT2D eigenvalue weighted by molar-refractivity contribution is 0.667. The van der Waals surface area contributed by atoms with Crippen molar-refractivity contribution in [3.63, 3.8) is 0 Å². The Morgan fingerprint density at radius 3 is 1.49 bits per heavy atom. The number of para-hydroxylation sites is 3. The molecule has 0 bridgehead atoms. The fourth-order valence-corrected chi connectivity index (χ4v) is 10.8. The monoisotopic (exact) mass is 830 g/mol. The van der Waals surface area contributed by atoms with Gasteiger partial charge in [-0.1, -0.05) is 190 Å². The van der Waals surface area contributed by atoms with E-state index in [1.54, 1.807) is 0 Å². The molecule has 0 N–H and O–H groups in total. The Morgan fingerprint density at radius 2 is 0.846 bits per heavy atom. The van der Waals surface area contributed by atoms with Gasteiger partial charge in [-0.15, -0.1) is 0 Å². The number of fused-ring (bicyclic) bond motifs is 12. The van der Waals surface area contributed by atoms with Gasteiger partial charge in [-0.05, 0) is 70.3 Å². The van der Waals surface area contributed by atoms with E-state index in [4.69, 9.17) is 9.97 Å². The lowest BCUT2D eigenvalue weighted by Gasteiger charge is -2.23. The second kappa shape index (κ2) is 14.3. The molecular weight excluding hydrogens is 789 g/mol. The number of hydrogen-bond acceptors (Lipinski definition) is 2. The zero-order valence-corrected chi connectivity index (χ0v) is 36.1. The second-order valence-electron chi connectivity index (χ2n) is 17.7. The molecule has 0 atom stereocenters. The molecule has 306 valence electrons. The van der Waals surface area contributed by atoms with E-state index in [0.717, 1.165) is 39.5 Å². The van der Waals surface area contributed by atoms with Crippen molar-refractivity contribution in [3.8, 4) is 67.5 Å². The van der Waals surface area contributed by atoms with E-state index in [1.807, 2.05) is 18.2 Å². The van der Waals surface area contributed by atoms with E-state index in [1.165, 1.54) is 77.0 Å². The maximum Gasteiger partial charge on any atom is 0.160 e. The van der Waals surface area contributed by atoms with Crippen molar-refractivity contribution >= 4 is 43.6 Å². The van der Waals surface area contributed by atoms with Gasteiger partial charge in [0.2, 0.25) is 0 Å². The van der Waals surface area contributed by atoms with E-state index >= 15 is 0 Å². The van der Waals surface area contributed by atoms with Gasteiger partial charge in [0.1, 0.15) is 0 Å². The third-order valence-corrected chi connectivity index (χ3v) is 13.7. The Bertz CT molecular complexity index is 3810. The van der Waals surface area contributed by atoms with Crippen LogP contribution in [0.5, 0.6) is 0 Å². The van der Waals surface area contributed by atoms with Crippen molar-refractivity contribution in [2.45, 2.75) is 19.3 Å². The van der Waals surface area contributed by atoms with Crippen molar-refractivity contribution in [2.75, 3.05) is 0 Å². The van der Waals surface area contributed by atoms with Gasteiger partial charge in [0.15, 0.2) is 5.82 Å². The highest BCUT2D eigenvalue weighted by molar-refractivity contribution is 6.31. The van der Waals surface area contributed by atoms with Crippen molar-refractivity contribution in [3.05, 3.63) is 230 Å². The summed E-state index contributed by atoms with van der Waals surface area (Å²) < 4.78 is 5.03. The molecule has 4 heteroatoms. The van der Waals surface area contributed by atoms with E-state index in [2.05, 4.69) is 223 Å². The maximum atomic E-state index is 5.22. The van der Waals surface area contributed by atoms with Crippen LogP contribution in [-0.4, -0.2) is 19.1 Å². The highest BCUT2D eigenvalue weighted by Crippen LogP contribution is 2.58. The van der Waals surface area contributed by atoms with Gasteiger partial charge in [0.25, 0.3) is 0 Å². The first-order valence-electron chi connectivity index (χ1n) is 22.4. The molecular formula is C61H42N4. The summed E-state index contributed by atoms with van der Waals surface area (Å²) in [5, 5.41) is 5.07. The summed E-state index contributed by atoms with van der Waals surface area (Å²) in [4.78, 5) is 10.4.